The van der Waals surface area contributed by atoms with E-state index in [1.165, 1.54) is 0 Å². The Morgan fingerprint density at radius 2 is 2.33 bits per heavy atom. The highest BCUT2D eigenvalue weighted by molar-refractivity contribution is 7.92. The summed E-state index contributed by atoms with van der Waals surface area (Å²) in [5.74, 6) is 0.688. The topological polar surface area (TPSA) is 47.2 Å². The van der Waals surface area contributed by atoms with Gasteiger partial charge in [0.15, 0.2) is 5.82 Å². The van der Waals surface area contributed by atoms with Gasteiger partial charge < -0.3 is 0 Å². The van der Waals surface area contributed by atoms with Crippen molar-refractivity contribution >= 4 is 15.5 Å². The summed E-state index contributed by atoms with van der Waals surface area (Å²) < 4.78 is 17.1. The Kier molecular flexibility index (Phi) is 2.52. The molecule has 12 heavy (non-hydrogen) atoms. The fraction of sp³-hybridized carbons (Fsp3) is 0.571. The zero-order valence-corrected chi connectivity index (χ0v) is 8.34. The van der Waals surface area contributed by atoms with E-state index in [0.717, 1.165) is 6.54 Å². The Labute approximate surface area is 72.8 Å². The van der Waals surface area contributed by atoms with Crippen molar-refractivity contribution in [2.24, 2.45) is 4.36 Å². The van der Waals surface area contributed by atoms with Gasteiger partial charge in [0.25, 0.3) is 0 Å². The molecule has 0 aromatic carbocycles. The first-order chi connectivity index (χ1) is 5.53. The van der Waals surface area contributed by atoms with Gasteiger partial charge in [-0.1, -0.05) is 0 Å². The monoisotopic (exact) mass is 187 g/mol. The maximum atomic E-state index is 11.3. The molecule has 0 atom stereocenters. The van der Waals surface area contributed by atoms with Gasteiger partial charge in [-0.25, -0.2) is 8.89 Å². The first-order valence-corrected chi connectivity index (χ1v) is 6.05. The number of hydrogen-bond acceptors (Lipinski definition) is 3. The number of nitrogens with zero attached hydrogens (tertiary/aromatic N) is 3. The smallest absolute Gasteiger partial charge is 0.160 e. The van der Waals surface area contributed by atoms with Gasteiger partial charge in [-0.3, -0.25) is 0 Å². The molecule has 1 aromatic rings. The molecule has 0 saturated heterocycles. The van der Waals surface area contributed by atoms with Gasteiger partial charge in [0.05, 0.1) is 6.20 Å². The van der Waals surface area contributed by atoms with Crippen molar-refractivity contribution in [2.75, 3.05) is 12.5 Å². The van der Waals surface area contributed by atoms with Crippen LogP contribution >= 0.6 is 0 Å². The molecular formula is C7H13N3OS. The molecular weight excluding hydrogens is 174 g/mol. The molecule has 0 radical (unpaired) electrons. The van der Waals surface area contributed by atoms with Crippen molar-refractivity contribution in [3.05, 3.63) is 12.3 Å². The summed E-state index contributed by atoms with van der Waals surface area (Å²) in [6, 6.07) is 1.76. The van der Waals surface area contributed by atoms with E-state index < -0.39 is 9.73 Å². The number of aromatic nitrogens is 2. The van der Waals surface area contributed by atoms with E-state index >= 15 is 0 Å². The van der Waals surface area contributed by atoms with Crippen LogP contribution < -0.4 is 0 Å². The summed E-state index contributed by atoms with van der Waals surface area (Å²) in [6.07, 6.45) is 4.88. The lowest BCUT2D eigenvalue weighted by Crippen LogP contribution is -1.97. The minimum atomic E-state index is -2.07. The maximum absolute atomic E-state index is 11.3. The first-order valence-electron chi connectivity index (χ1n) is 3.72. The van der Waals surface area contributed by atoms with E-state index in [2.05, 4.69) is 9.46 Å². The molecule has 0 aliphatic heterocycles. The molecule has 5 heteroatoms. The van der Waals surface area contributed by atoms with Gasteiger partial charge in [0.1, 0.15) is 0 Å². The molecule has 0 saturated carbocycles. The first kappa shape index (κ1) is 9.25. The largest absolute Gasteiger partial charge is 0.250 e. The molecule has 0 aliphatic rings. The Morgan fingerprint density at radius 1 is 1.67 bits per heavy atom. The third kappa shape index (κ3) is 2.34. The zero-order valence-electron chi connectivity index (χ0n) is 7.52. The van der Waals surface area contributed by atoms with Crippen LogP contribution in [-0.4, -0.2) is 26.5 Å². The van der Waals surface area contributed by atoms with Crippen LogP contribution in [0.5, 0.6) is 0 Å². The van der Waals surface area contributed by atoms with Crippen molar-refractivity contribution in [2.45, 2.75) is 13.5 Å². The fourth-order valence-corrected chi connectivity index (χ4v) is 1.48. The van der Waals surface area contributed by atoms with Crippen molar-refractivity contribution in [1.82, 2.24) is 9.78 Å². The normalized spacial score (nSPS) is 11.6. The van der Waals surface area contributed by atoms with Crippen LogP contribution in [0.2, 0.25) is 0 Å². The van der Waals surface area contributed by atoms with E-state index in [4.69, 9.17) is 0 Å². The number of hydrogen-bond donors (Lipinski definition) is 0. The molecule has 0 spiro atoms. The van der Waals surface area contributed by atoms with Crippen LogP contribution in [0, 0.1) is 0 Å². The second-order valence-corrected chi connectivity index (χ2v) is 5.32. The molecule has 0 unspecified atom stereocenters. The molecule has 1 aromatic heterocycles. The Morgan fingerprint density at radius 3 is 2.83 bits per heavy atom. The maximum Gasteiger partial charge on any atom is 0.160 e. The minimum absolute atomic E-state index is 0.688. The van der Waals surface area contributed by atoms with Crippen LogP contribution in [0.15, 0.2) is 16.6 Å². The summed E-state index contributed by atoms with van der Waals surface area (Å²) in [5, 5.41) is 4.02. The molecule has 1 heterocycles. The van der Waals surface area contributed by atoms with Crippen molar-refractivity contribution in [1.29, 1.82) is 0 Å². The molecule has 0 fully saturated rings. The van der Waals surface area contributed by atoms with Crippen LogP contribution in [0.1, 0.15) is 6.92 Å². The summed E-state index contributed by atoms with van der Waals surface area (Å²) in [4.78, 5) is 0. The number of aryl methyl sites for hydroxylation is 1. The fourth-order valence-electron chi connectivity index (χ4n) is 0.872. The van der Waals surface area contributed by atoms with Gasteiger partial charge in [-0.05, 0) is 6.92 Å². The lowest BCUT2D eigenvalue weighted by Gasteiger charge is -1.99. The predicted octanol–water partition coefficient (Wildman–Crippen LogP) is 1.26. The Balaban J connectivity index is 3.13. The van der Waals surface area contributed by atoms with Gasteiger partial charge >= 0.3 is 0 Å². The zero-order chi connectivity index (χ0) is 9.19. The third-order valence-electron chi connectivity index (χ3n) is 1.31. The quantitative estimate of drug-likeness (QED) is 0.699. The third-order valence-corrected chi connectivity index (χ3v) is 1.93. The highest BCUT2D eigenvalue weighted by Gasteiger charge is 1.99. The van der Waals surface area contributed by atoms with Gasteiger partial charge in [-0.2, -0.15) is 9.46 Å². The summed E-state index contributed by atoms with van der Waals surface area (Å²) in [7, 11) is -2.07. The molecule has 1 rings (SSSR count). The van der Waals surface area contributed by atoms with E-state index in [1.807, 2.05) is 6.92 Å². The van der Waals surface area contributed by atoms with Crippen LogP contribution in [-0.2, 0) is 16.3 Å². The van der Waals surface area contributed by atoms with Crippen molar-refractivity contribution < 1.29 is 4.21 Å². The molecule has 68 valence electrons. The second-order valence-electron chi connectivity index (χ2n) is 2.78. The average molecular weight is 187 g/mol. The average Bonchev–Trinajstić information content (AvgIpc) is 2.31. The van der Waals surface area contributed by atoms with Gasteiger partial charge in [-0.15, -0.1) is 0 Å². The van der Waals surface area contributed by atoms with Gasteiger partial charge in [0.2, 0.25) is 0 Å². The molecule has 0 amide bonds. The SMILES string of the molecule is CCn1nccc1N=S(C)(C)=O. The molecule has 0 N–H and O–H groups in total. The Bertz CT molecular complexity index is 366. The second kappa shape index (κ2) is 3.26. The van der Waals surface area contributed by atoms with Crippen LogP contribution in [0.25, 0.3) is 0 Å². The van der Waals surface area contributed by atoms with E-state index in [0.29, 0.717) is 5.82 Å². The molecule has 4 nitrogen and oxygen atoms in total. The van der Waals surface area contributed by atoms with E-state index in [-0.39, 0.29) is 0 Å². The highest BCUT2D eigenvalue weighted by Crippen LogP contribution is 2.11. The van der Waals surface area contributed by atoms with E-state index in [9.17, 15) is 4.21 Å². The lowest BCUT2D eigenvalue weighted by molar-refractivity contribution is 0.661. The molecule has 0 bridgehead atoms. The highest BCUT2D eigenvalue weighted by atomic mass is 32.2. The van der Waals surface area contributed by atoms with E-state index in [1.54, 1.807) is 29.5 Å². The minimum Gasteiger partial charge on any atom is -0.250 e. The van der Waals surface area contributed by atoms with Crippen LogP contribution in [0.4, 0.5) is 5.82 Å². The van der Waals surface area contributed by atoms with Crippen molar-refractivity contribution in [3.8, 4) is 0 Å². The Hall–Kier alpha value is -0.840. The predicted molar refractivity (Wildman–Crippen MR) is 50.0 cm³/mol. The summed E-state index contributed by atoms with van der Waals surface area (Å²) in [6.45, 7) is 2.72. The number of rotatable bonds is 2. The standard InChI is InChI=1S/C7H13N3OS/c1-4-10-7(5-6-8-10)9-12(2,3)11/h5-6H,4H2,1-3H3. The van der Waals surface area contributed by atoms with Gasteiger partial charge in [0, 0.05) is 34.9 Å². The van der Waals surface area contributed by atoms with Crippen molar-refractivity contribution in [3.63, 3.8) is 0 Å². The summed E-state index contributed by atoms with van der Waals surface area (Å²) >= 11 is 0. The summed E-state index contributed by atoms with van der Waals surface area (Å²) in [5.41, 5.74) is 0. The lowest BCUT2D eigenvalue weighted by atomic mass is 10.6. The van der Waals surface area contributed by atoms with Crippen LogP contribution in [0.3, 0.4) is 0 Å². The molecule has 0 aliphatic carbocycles.